The molecule has 0 aliphatic heterocycles. The standard InChI is InChI=1S/C23H22ClN7OS/c1-14-4-5-18(11-19(14)24)31-20(13-33-23-27-15(2)10-16(3)28-23)21(29-30-31)22(32)26-12-17-6-8-25-9-7-17/h4-11H,12-13H2,1-3H3,(H,26,32). The van der Waals surface area contributed by atoms with Gasteiger partial charge in [-0.3, -0.25) is 9.78 Å². The second-order valence-electron chi connectivity index (χ2n) is 7.49. The first kappa shape index (κ1) is 22.9. The van der Waals surface area contributed by atoms with Crippen molar-refractivity contribution in [1.29, 1.82) is 0 Å². The predicted octanol–water partition coefficient (Wildman–Crippen LogP) is 4.25. The van der Waals surface area contributed by atoms with E-state index >= 15 is 0 Å². The molecule has 1 amide bonds. The lowest BCUT2D eigenvalue weighted by Crippen LogP contribution is -2.24. The van der Waals surface area contributed by atoms with Crippen LogP contribution in [0.15, 0.2) is 53.9 Å². The summed E-state index contributed by atoms with van der Waals surface area (Å²) in [6.45, 7) is 6.14. The number of halogens is 1. The van der Waals surface area contributed by atoms with Crippen LogP contribution in [0.4, 0.5) is 0 Å². The highest BCUT2D eigenvalue weighted by molar-refractivity contribution is 7.98. The summed E-state index contributed by atoms with van der Waals surface area (Å²) in [5.74, 6) is 0.0903. The summed E-state index contributed by atoms with van der Waals surface area (Å²) in [5, 5.41) is 12.6. The summed E-state index contributed by atoms with van der Waals surface area (Å²) in [6.07, 6.45) is 3.37. The molecule has 0 fully saturated rings. The molecule has 1 aromatic carbocycles. The van der Waals surface area contributed by atoms with Crippen LogP contribution in [0.1, 0.15) is 38.7 Å². The van der Waals surface area contributed by atoms with Crippen LogP contribution in [0.2, 0.25) is 5.02 Å². The van der Waals surface area contributed by atoms with Gasteiger partial charge in [0.25, 0.3) is 5.91 Å². The topological polar surface area (TPSA) is 98.5 Å². The first-order valence-corrected chi connectivity index (χ1v) is 11.6. The third-order valence-electron chi connectivity index (χ3n) is 4.88. The Labute approximate surface area is 200 Å². The Kier molecular flexibility index (Phi) is 7.00. The Morgan fingerprint density at radius 2 is 1.79 bits per heavy atom. The Morgan fingerprint density at radius 1 is 1.06 bits per heavy atom. The summed E-state index contributed by atoms with van der Waals surface area (Å²) < 4.78 is 1.64. The molecule has 4 aromatic rings. The number of aromatic nitrogens is 6. The lowest BCUT2D eigenvalue weighted by molar-refractivity contribution is 0.0945. The van der Waals surface area contributed by atoms with Crippen molar-refractivity contribution in [2.24, 2.45) is 0 Å². The van der Waals surface area contributed by atoms with Crippen molar-refractivity contribution in [2.45, 2.75) is 38.2 Å². The number of rotatable bonds is 7. The molecule has 0 saturated heterocycles. The first-order chi connectivity index (χ1) is 15.9. The van der Waals surface area contributed by atoms with Crippen LogP contribution < -0.4 is 5.32 Å². The van der Waals surface area contributed by atoms with Gasteiger partial charge in [-0.1, -0.05) is 34.6 Å². The van der Waals surface area contributed by atoms with Crippen molar-refractivity contribution < 1.29 is 4.79 Å². The summed E-state index contributed by atoms with van der Waals surface area (Å²) in [5.41, 5.74) is 5.27. The molecule has 8 nitrogen and oxygen atoms in total. The minimum absolute atomic E-state index is 0.248. The fourth-order valence-electron chi connectivity index (χ4n) is 3.19. The summed E-state index contributed by atoms with van der Waals surface area (Å²) in [7, 11) is 0. The van der Waals surface area contributed by atoms with Crippen molar-refractivity contribution in [1.82, 2.24) is 35.3 Å². The number of pyridine rings is 1. The third-order valence-corrected chi connectivity index (χ3v) is 6.15. The Morgan fingerprint density at radius 3 is 2.48 bits per heavy atom. The van der Waals surface area contributed by atoms with Crippen LogP contribution in [0, 0.1) is 20.8 Å². The minimum Gasteiger partial charge on any atom is -0.347 e. The highest BCUT2D eigenvalue weighted by atomic mass is 35.5. The molecule has 0 unspecified atom stereocenters. The van der Waals surface area contributed by atoms with E-state index in [2.05, 4.69) is 30.6 Å². The number of carbonyl (C=O) groups is 1. The molecule has 0 aliphatic rings. The summed E-state index contributed by atoms with van der Waals surface area (Å²) in [6, 6.07) is 11.2. The van der Waals surface area contributed by atoms with Crippen LogP contribution in [-0.4, -0.2) is 35.9 Å². The number of amides is 1. The molecule has 0 spiro atoms. The molecule has 0 saturated carbocycles. The second kappa shape index (κ2) is 10.1. The van der Waals surface area contributed by atoms with E-state index in [1.807, 2.05) is 57.2 Å². The van der Waals surface area contributed by atoms with Gasteiger partial charge in [0.1, 0.15) is 0 Å². The van der Waals surface area contributed by atoms with Crippen molar-refractivity contribution in [3.8, 4) is 5.69 Å². The van der Waals surface area contributed by atoms with Crippen molar-refractivity contribution in [2.75, 3.05) is 0 Å². The molecule has 3 heterocycles. The van der Waals surface area contributed by atoms with Gasteiger partial charge in [0.05, 0.1) is 11.4 Å². The van der Waals surface area contributed by atoms with Gasteiger partial charge in [-0.2, -0.15) is 0 Å². The van der Waals surface area contributed by atoms with Gasteiger partial charge in [0, 0.05) is 41.1 Å². The highest BCUT2D eigenvalue weighted by Crippen LogP contribution is 2.25. The molecule has 3 aromatic heterocycles. The molecule has 1 N–H and O–H groups in total. The maximum atomic E-state index is 13.0. The average Bonchev–Trinajstić information content (AvgIpc) is 3.22. The van der Waals surface area contributed by atoms with Crippen LogP contribution in [0.25, 0.3) is 5.69 Å². The number of thioether (sulfide) groups is 1. The molecule has 33 heavy (non-hydrogen) atoms. The molecule has 4 rings (SSSR count). The van der Waals surface area contributed by atoms with E-state index in [0.717, 1.165) is 28.2 Å². The number of hydrogen-bond donors (Lipinski definition) is 1. The molecule has 168 valence electrons. The number of nitrogens with zero attached hydrogens (tertiary/aromatic N) is 6. The fraction of sp³-hybridized carbons (Fsp3) is 0.217. The number of aryl methyl sites for hydroxylation is 3. The largest absolute Gasteiger partial charge is 0.347 e. The maximum absolute atomic E-state index is 13.0. The zero-order valence-electron chi connectivity index (χ0n) is 18.4. The van der Waals surface area contributed by atoms with Crippen molar-refractivity contribution in [3.05, 3.63) is 87.7 Å². The number of hydrogen-bond acceptors (Lipinski definition) is 7. The van der Waals surface area contributed by atoms with E-state index in [9.17, 15) is 4.79 Å². The monoisotopic (exact) mass is 479 g/mol. The SMILES string of the molecule is Cc1cc(C)nc(SCc2c(C(=O)NCc3ccncc3)nnn2-c2ccc(C)c(Cl)c2)n1. The van der Waals surface area contributed by atoms with E-state index in [4.69, 9.17) is 11.6 Å². The Balaban J connectivity index is 1.64. The Hall–Kier alpha value is -3.30. The van der Waals surface area contributed by atoms with Gasteiger partial charge in [-0.15, -0.1) is 5.10 Å². The zero-order chi connectivity index (χ0) is 23.4. The predicted molar refractivity (Wildman–Crippen MR) is 128 cm³/mol. The van der Waals surface area contributed by atoms with Crippen molar-refractivity contribution >= 4 is 29.3 Å². The molecular formula is C23H22ClN7OS. The number of nitrogens with one attached hydrogen (secondary N) is 1. The molecule has 0 atom stereocenters. The smallest absolute Gasteiger partial charge is 0.274 e. The molecule has 0 aliphatic carbocycles. The summed E-state index contributed by atoms with van der Waals surface area (Å²) >= 11 is 7.76. The summed E-state index contributed by atoms with van der Waals surface area (Å²) in [4.78, 5) is 26.0. The van der Waals surface area contributed by atoms with E-state index in [-0.39, 0.29) is 11.6 Å². The van der Waals surface area contributed by atoms with E-state index in [1.54, 1.807) is 17.1 Å². The van der Waals surface area contributed by atoms with Gasteiger partial charge in [-0.25, -0.2) is 14.6 Å². The Bertz CT molecular complexity index is 1270. The second-order valence-corrected chi connectivity index (χ2v) is 8.84. The van der Waals surface area contributed by atoms with Gasteiger partial charge in [0.2, 0.25) is 0 Å². The number of carbonyl (C=O) groups excluding carboxylic acids is 1. The van der Waals surface area contributed by atoms with E-state index < -0.39 is 0 Å². The number of benzene rings is 1. The van der Waals surface area contributed by atoms with Gasteiger partial charge >= 0.3 is 0 Å². The fourth-order valence-corrected chi connectivity index (χ4v) is 4.30. The van der Waals surface area contributed by atoms with Crippen LogP contribution in [-0.2, 0) is 12.3 Å². The normalized spacial score (nSPS) is 10.9. The highest BCUT2D eigenvalue weighted by Gasteiger charge is 2.21. The molecule has 10 heteroatoms. The molecular weight excluding hydrogens is 458 g/mol. The van der Waals surface area contributed by atoms with Crippen molar-refractivity contribution in [3.63, 3.8) is 0 Å². The molecule has 0 radical (unpaired) electrons. The average molecular weight is 480 g/mol. The first-order valence-electron chi connectivity index (χ1n) is 10.2. The maximum Gasteiger partial charge on any atom is 0.274 e. The van der Waals surface area contributed by atoms with E-state index in [0.29, 0.717) is 28.2 Å². The lowest BCUT2D eigenvalue weighted by Gasteiger charge is -2.10. The quantitative estimate of drug-likeness (QED) is 0.312. The third kappa shape index (κ3) is 5.55. The van der Waals surface area contributed by atoms with Gasteiger partial charge < -0.3 is 5.32 Å². The van der Waals surface area contributed by atoms with Crippen LogP contribution in [0.3, 0.4) is 0 Å². The van der Waals surface area contributed by atoms with Gasteiger partial charge in [-0.05, 0) is 62.2 Å². The zero-order valence-corrected chi connectivity index (χ0v) is 20.0. The van der Waals surface area contributed by atoms with Crippen LogP contribution in [0.5, 0.6) is 0 Å². The molecule has 0 bridgehead atoms. The lowest BCUT2D eigenvalue weighted by atomic mass is 10.2. The van der Waals surface area contributed by atoms with Crippen LogP contribution >= 0.6 is 23.4 Å². The minimum atomic E-state index is -0.312. The van der Waals surface area contributed by atoms with E-state index in [1.165, 1.54) is 11.8 Å². The van der Waals surface area contributed by atoms with Gasteiger partial charge in [0.15, 0.2) is 10.9 Å².